The lowest BCUT2D eigenvalue weighted by molar-refractivity contribution is 0.698. The Morgan fingerprint density at radius 1 is 1.61 bits per heavy atom. The molecule has 1 atom stereocenters. The van der Waals surface area contributed by atoms with Crippen LogP contribution >= 0.6 is 11.8 Å². The maximum atomic E-state index is 11.4. The Kier molecular flexibility index (Phi) is 3.90. The molecule has 1 unspecified atom stereocenters. The molecule has 0 aromatic carbocycles. The van der Waals surface area contributed by atoms with E-state index in [9.17, 15) is 4.79 Å². The zero-order chi connectivity index (χ0) is 13.1. The number of hydrogen-bond donors (Lipinski definition) is 2. The van der Waals surface area contributed by atoms with Gasteiger partial charge in [-0.1, -0.05) is 6.92 Å². The number of aryl methyl sites for hydroxylation is 1. The molecule has 0 spiro atoms. The second-order valence-electron chi connectivity index (χ2n) is 4.35. The number of nitrogens with one attached hydrogen (secondary N) is 2. The van der Waals surface area contributed by atoms with Gasteiger partial charge in [-0.2, -0.15) is 16.9 Å². The normalized spacial score (nSPS) is 12.8. The first kappa shape index (κ1) is 12.9. The van der Waals surface area contributed by atoms with Crippen LogP contribution in [0.25, 0.3) is 5.65 Å². The van der Waals surface area contributed by atoms with Crippen molar-refractivity contribution in [2.45, 2.75) is 13.8 Å². The van der Waals surface area contributed by atoms with Crippen molar-refractivity contribution in [3.05, 3.63) is 22.4 Å². The van der Waals surface area contributed by atoms with Gasteiger partial charge in [0.05, 0.1) is 0 Å². The van der Waals surface area contributed by atoms with Crippen LogP contribution in [0.15, 0.2) is 10.9 Å². The summed E-state index contributed by atoms with van der Waals surface area (Å²) in [5, 5.41) is 9.64. The summed E-state index contributed by atoms with van der Waals surface area (Å²) >= 11 is 1.83. The van der Waals surface area contributed by atoms with Gasteiger partial charge in [0, 0.05) is 12.6 Å². The Balaban J connectivity index is 2.17. The molecule has 0 aliphatic heterocycles. The number of thioether (sulfide) groups is 1. The fourth-order valence-electron chi connectivity index (χ4n) is 1.81. The van der Waals surface area contributed by atoms with E-state index in [0.29, 0.717) is 17.4 Å². The first-order valence-electron chi connectivity index (χ1n) is 5.79. The Labute approximate surface area is 109 Å². The molecule has 2 N–H and O–H groups in total. The molecule has 2 rings (SSSR count). The van der Waals surface area contributed by atoms with Gasteiger partial charge in [0.2, 0.25) is 0 Å². The Morgan fingerprint density at radius 3 is 3.11 bits per heavy atom. The van der Waals surface area contributed by atoms with Crippen LogP contribution in [-0.2, 0) is 0 Å². The second kappa shape index (κ2) is 5.43. The molecule has 6 nitrogen and oxygen atoms in total. The third-order valence-corrected chi connectivity index (χ3v) is 3.56. The van der Waals surface area contributed by atoms with Crippen molar-refractivity contribution >= 4 is 23.2 Å². The zero-order valence-electron chi connectivity index (χ0n) is 10.7. The fraction of sp³-hybridized carbons (Fsp3) is 0.545. The van der Waals surface area contributed by atoms with Gasteiger partial charge >= 0.3 is 5.69 Å². The lowest BCUT2D eigenvalue weighted by Crippen LogP contribution is -2.17. The van der Waals surface area contributed by atoms with Crippen LogP contribution in [0.4, 0.5) is 5.82 Å². The monoisotopic (exact) mass is 267 g/mol. The molecule has 0 radical (unpaired) electrons. The molecule has 2 aromatic rings. The summed E-state index contributed by atoms with van der Waals surface area (Å²) in [7, 11) is 0. The van der Waals surface area contributed by atoms with Crippen LogP contribution in [0.3, 0.4) is 0 Å². The summed E-state index contributed by atoms with van der Waals surface area (Å²) in [6, 6.07) is 1.77. The summed E-state index contributed by atoms with van der Waals surface area (Å²) in [5.41, 5.74) is 0.338. The summed E-state index contributed by atoms with van der Waals surface area (Å²) < 4.78 is 1.45. The van der Waals surface area contributed by atoms with Crippen molar-refractivity contribution in [3.8, 4) is 0 Å². The predicted octanol–water partition coefficient (Wildman–Crippen LogP) is 1.14. The zero-order valence-corrected chi connectivity index (χ0v) is 11.5. The summed E-state index contributed by atoms with van der Waals surface area (Å²) in [6.45, 7) is 4.84. The van der Waals surface area contributed by atoms with E-state index in [4.69, 9.17) is 0 Å². The number of H-pyrrole nitrogens is 1. The van der Waals surface area contributed by atoms with E-state index in [2.05, 4.69) is 33.7 Å². The molecule has 7 heteroatoms. The van der Waals surface area contributed by atoms with Gasteiger partial charge in [-0.3, -0.25) is 0 Å². The van der Waals surface area contributed by atoms with Crippen molar-refractivity contribution < 1.29 is 0 Å². The minimum atomic E-state index is -0.252. The van der Waals surface area contributed by atoms with Gasteiger partial charge in [0.1, 0.15) is 11.6 Å². The number of hydrogen-bond acceptors (Lipinski definition) is 5. The van der Waals surface area contributed by atoms with E-state index in [1.807, 2.05) is 11.8 Å². The summed E-state index contributed by atoms with van der Waals surface area (Å²) in [6.07, 6.45) is 2.10. The molecule has 98 valence electrons. The molecule has 0 fully saturated rings. The molecule has 0 aliphatic carbocycles. The van der Waals surface area contributed by atoms with Gasteiger partial charge in [0.25, 0.3) is 0 Å². The SMILES string of the molecule is CSCC(C)CNc1cc2n[nH]c(=O)n2c(C)n1. The standard InChI is InChI=1S/C11H17N5OS/c1-7(6-18-3)5-12-9-4-10-14-15-11(17)16(10)8(2)13-9/h4,7,12H,5-6H2,1-3H3,(H,15,17). The van der Waals surface area contributed by atoms with Gasteiger partial charge < -0.3 is 5.32 Å². The van der Waals surface area contributed by atoms with E-state index >= 15 is 0 Å². The molecular weight excluding hydrogens is 250 g/mol. The van der Waals surface area contributed by atoms with Crippen LogP contribution in [0.5, 0.6) is 0 Å². The van der Waals surface area contributed by atoms with Crippen LogP contribution in [0, 0.1) is 12.8 Å². The number of fused-ring (bicyclic) bond motifs is 1. The molecular formula is C11H17N5OS. The highest BCUT2D eigenvalue weighted by Gasteiger charge is 2.07. The molecule has 0 saturated carbocycles. The van der Waals surface area contributed by atoms with Crippen molar-refractivity contribution in [2.75, 3.05) is 23.9 Å². The highest BCUT2D eigenvalue weighted by molar-refractivity contribution is 7.98. The second-order valence-corrected chi connectivity index (χ2v) is 5.26. The maximum absolute atomic E-state index is 11.4. The molecule has 2 heterocycles. The Hall–Kier alpha value is -1.50. The van der Waals surface area contributed by atoms with Crippen molar-refractivity contribution in [1.29, 1.82) is 0 Å². The van der Waals surface area contributed by atoms with Crippen molar-refractivity contribution in [1.82, 2.24) is 19.6 Å². The topological polar surface area (TPSA) is 75.1 Å². The van der Waals surface area contributed by atoms with Gasteiger partial charge in [-0.05, 0) is 24.9 Å². The van der Waals surface area contributed by atoms with Crippen LogP contribution in [-0.4, -0.2) is 38.1 Å². The van der Waals surface area contributed by atoms with Crippen LogP contribution < -0.4 is 11.0 Å². The van der Waals surface area contributed by atoms with Crippen LogP contribution in [0.1, 0.15) is 12.7 Å². The number of nitrogens with zero attached hydrogens (tertiary/aromatic N) is 3. The maximum Gasteiger partial charge on any atom is 0.349 e. The quantitative estimate of drug-likeness (QED) is 0.849. The highest BCUT2D eigenvalue weighted by Crippen LogP contribution is 2.10. The number of aromatic nitrogens is 4. The van der Waals surface area contributed by atoms with E-state index in [-0.39, 0.29) is 5.69 Å². The first-order valence-corrected chi connectivity index (χ1v) is 7.18. The van der Waals surface area contributed by atoms with Gasteiger partial charge in [-0.15, -0.1) is 0 Å². The smallest absolute Gasteiger partial charge is 0.349 e. The van der Waals surface area contributed by atoms with E-state index in [0.717, 1.165) is 18.1 Å². The predicted molar refractivity (Wildman–Crippen MR) is 74.4 cm³/mol. The molecule has 18 heavy (non-hydrogen) atoms. The molecule has 0 amide bonds. The first-order chi connectivity index (χ1) is 8.61. The lowest BCUT2D eigenvalue weighted by Gasteiger charge is -2.12. The Morgan fingerprint density at radius 2 is 2.39 bits per heavy atom. The lowest BCUT2D eigenvalue weighted by atomic mass is 10.2. The largest absolute Gasteiger partial charge is 0.370 e. The van der Waals surface area contributed by atoms with Crippen LogP contribution in [0.2, 0.25) is 0 Å². The average Bonchev–Trinajstić information content (AvgIpc) is 2.69. The average molecular weight is 267 g/mol. The third-order valence-electron chi connectivity index (χ3n) is 2.65. The van der Waals surface area contributed by atoms with E-state index in [1.165, 1.54) is 4.40 Å². The fourth-order valence-corrected chi connectivity index (χ4v) is 2.50. The summed E-state index contributed by atoms with van der Waals surface area (Å²) in [4.78, 5) is 15.8. The third kappa shape index (κ3) is 2.66. The van der Waals surface area contributed by atoms with E-state index in [1.54, 1.807) is 13.0 Å². The number of aromatic amines is 1. The van der Waals surface area contributed by atoms with Crippen molar-refractivity contribution in [2.24, 2.45) is 5.92 Å². The minimum Gasteiger partial charge on any atom is -0.370 e. The highest BCUT2D eigenvalue weighted by atomic mass is 32.2. The molecule has 0 bridgehead atoms. The van der Waals surface area contributed by atoms with Gasteiger partial charge in [-0.25, -0.2) is 19.3 Å². The minimum absolute atomic E-state index is 0.252. The summed E-state index contributed by atoms with van der Waals surface area (Å²) in [5.74, 6) is 3.06. The Bertz CT molecular complexity index is 591. The van der Waals surface area contributed by atoms with Gasteiger partial charge in [0.15, 0.2) is 5.65 Å². The number of rotatable bonds is 5. The number of anilines is 1. The molecule has 0 aliphatic rings. The molecule has 0 saturated heterocycles. The van der Waals surface area contributed by atoms with E-state index < -0.39 is 0 Å². The van der Waals surface area contributed by atoms with Crippen molar-refractivity contribution in [3.63, 3.8) is 0 Å². The molecule has 2 aromatic heterocycles.